The molecular weight excluding hydrogens is 164 g/mol. The van der Waals surface area contributed by atoms with Gasteiger partial charge in [0, 0.05) is 14.2 Å². The highest BCUT2D eigenvalue weighted by Gasteiger charge is 2.44. The fourth-order valence-corrected chi connectivity index (χ4v) is 2.06. The first-order chi connectivity index (χ1) is 5.81. The molecule has 0 aromatic rings. The van der Waals surface area contributed by atoms with Gasteiger partial charge < -0.3 is 9.47 Å². The van der Waals surface area contributed by atoms with Gasteiger partial charge in [0.2, 0.25) is 0 Å². The lowest BCUT2D eigenvalue weighted by Crippen LogP contribution is -2.52. The van der Waals surface area contributed by atoms with Gasteiger partial charge in [-0.2, -0.15) is 0 Å². The van der Waals surface area contributed by atoms with E-state index in [1.165, 1.54) is 0 Å². The summed E-state index contributed by atoms with van der Waals surface area (Å²) < 4.78 is 10.9. The van der Waals surface area contributed by atoms with Gasteiger partial charge in [-0.05, 0) is 11.3 Å². The van der Waals surface area contributed by atoms with Gasteiger partial charge in [-0.3, -0.25) is 0 Å². The van der Waals surface area contributed by atoms with Crippen LogP contribution in [0.15, 0.2) is 0 Å². The lowest BCUT2D eigenvalue weighted by atomic mass is 9.70. The zero-order valence-electron chi connectivity index (χ0n) is 10.1. The van der Waals surface area contributed by atoms with Crippen LogP contribution in [0.2, 0.25) is 0 Å². The van der Waals surface area contributed by atoms with Crippen molar-refractivity contribution < 1.29 is 9.47 Å². The number of methoxy groups -OCH3 is 2. The van der Waals surface area contributed by atoms with Gasteiger partial charge in [-0.15, -0.1) is 0 Å². The molecule has 0 spiro atoms. The Balaban J connectivity index is 4.87. The Hall–Kier alpha value is -0.0800. The molecule has 0 saturated carbocycles. The zero-order valence-corrected chi connectivity index (χ0v) is 10.1. The third-order valence-electron chi connectivity index (χ3n) is 2.93. The molecule has 1 atom stereocenters. The fraction of sp³-hybridized carbons (Fsp3) is 1.00. The van der Waals surface area contributed by atoms with Crippen molar-refractivity contribution in [2.45, 2.75) is 40.2 Å². The van der Waals surface area contributed by atoms with Crippen molar-refractivity contribution in [3.05, 3.63) is 0 Å². The molecule has 0 aromatic heterocycles. The second-order valence-electron chi connectivity index (χ2n) is 4.93. The molecule has 0 radical (unpaired) electrons. The molecule has 0 saturated heterocycles. The number of hydrogen-bond donors (Lipinski definition) is 0. The van der Waals surface area contributed by atoms with Crippen molar-refractivity contribution in [1.82, 2.24) is 0 Å². The van der Waals surface area contributed by atoms with Gasteiger partial charge in [0.1, 0.15) is 0 Å². The van der Waals surface area contributed by atoms with Crippen LogP contribution in [-0.4, -0.2) is 26.4 Å². The maximum Gasteiger partial charge on any atom is 0.0981 e. The Morgan fingerprint density at radius 2 is 1.54 bits per heavy atom. The molecule has 0 fully saturated rings. The fourth-order valence-electron chi connectivity index (χ4n) is 2.06. The van der Waals surface area contributed by atoms with Crippen LogP contribution in [0.5, 0.6) is 0 Å². The molecule has 0 aliphatic carbocycles. The number of hydrogen-bond acceptors (Lipinski definition) is 2. The van der Waals surface area contributed by atoms with Crippen LogP contribution < -0.4 is 0 Å². The summed E-state index contributed by atoms with van der Waals surface area (Å²) in [4.78, 5) is 0. The highest BCUT2D eigenvalue weighted by molar-refractivity contribution is 4.94. The van der Waals surface area contributed by atoms with Gasteiger partial charge >= 0.3 is 0 Å². The highest BCUT2D eigenvalue weighted by atomic mass is 16.5. The molecule has 0 aliphatic heterocycles. The first kappa shape index (κ1) is 12.9. The minimum Gasteiger partial charge on any atom is -0.382 e. The van der Waals surface area contributed by atoms with Crippen LogP contribution in [0, 0.1) is 11.3 Å². The summed E-state index contributed by atoms with van der Waals surface area (Å²) in [6.07, 6.45) is 0. The molecule has 0 amide bonds. The molecule has 13 heavy (non-hydrogen) atoms. The molecular formula is C11H24O2. The quantitative estimate of drug-likeness (QED) is 0.675. The molecule has 0 unspecified atom stereocenters. The third-order valence-corrected chi connectivity index (χ3v) is 2.93. The first-order valence-corrected chi connectivity index (χ1v) is 4.86. The van der Waals surface area contributed by atoms with Gasteiger partial charge in [0.15, 0.2) is 0 Å². The summed E-state index contributed by atoms with van der Waals surface area (Å²) in [5.74, 6) is 0.442. The molecule has 2 nitrogen and oxygen atoms in total. The van der Waals surface area contributed by atoms with E-state index in [1.807, 2.05) is 0 Å². The van der Waals surface area contributed by atoms with Crippen LogP contribution >= 0.6 is 0 Å². The van der Waals surface area contributed by atoms with Crippen molar-refractivity contribution in [3.63, 3.8) is 0 Å². The van der Waals surface area contributed by atoms with Crippen molar-refractivity contribution in [3.8, 4) is 0 Å². The van der Waals surface area contributed by atoms with Crippen LogP contribution in [0.4, 0.5) is 0 Å². The largest absolute Gasteiger partial charge is 0.382 e. The van der Waals surface area contributed by atoms with Crippen molar-refractivity contribution in [1.29, 1.82) is 0 Å². The van der Waals surface area contributed by atoms with Crippen molar-refractivity contribution in [2.24, 2.45) is 11.3 Å². The maximum atomic E-state index is 5.68. The summed E-state index contributed by atoms with van der Waals surface area (Å²) in [5.41, 5.74) is -0.103. The zero-order chi connectivity index (χ0) is 10.7. The van der Waals surface area contributed by atoms with Crippen LogP contribution in [0.3, 0.4) is 0 Å². The number of ether oxygens (including phenoxy) is 2. The minimum atomic E-state index is -0.193. The Morgan fingerprint density at radius 1 is 1.08 bits per heavy atom. The standard InChI is InChI=1S/C11H24O2/c1-9(2)11(13-7,8-12-6)10(3,4)5/h9H,8H2,1-7H3/t11-/m1/s1. The molecule has 0 aliphatic rings. The molecule has 0 heterocycles. The molecule has 0 bridgehead atoms. The van der Waals surface area contributed by atoms with E-state index in [2.05, 4.69) is 34.6 Å². The average molecular weight is 188 g/mol. The van der Waals surface area contributed by atoms with Crippen molar-refractivity contribution >= 4 is 0 Å². The summed E-state index contributed by atoms with van der Waals surface area (Å²) in [6, 6.07) is 0. The average Bonchev–Trinajstić information content (AvgIpc) is 1.96. The summed E-state index contributed by atoms with van der Waals surface area (Å²) in [6.45, 7) is 11.6. The second kappa shape index (κ2) is 4.43. The smallest absolute Gasteiger partial charge is 0.0981 e. The van der Waals surface area contributed by atoms with Gasteiger partial charge in [-0.1, -0.05) is 34.6 Å². The second-order valence-corrected chi connectivity index (χ2v) is 4.93. The topological polar surface area (TPSA) is 18.5 Å². The van der Waals surface area contributed by atoms with Gasteiger partial charge in [0.25, 0.3) is 0 Å². The normalized spacial score (nSPS) is 17.5. The molecule has 0 aromatic carbocycles. The predicted molar refractivity (Wildman–Crippen MR) is 55.9 cm³/mol. The minimum absolute atomic E-state index is 0.0892. The van der Waals surface area contributed by atoms with E-state index in [0.717, 1.165) is 0 Å². The number of rotatable bonds is 4. The molecule has 2 heteroatoms. The molecule has 80 valence electrons. The van der Waals surface area contributed by atoms with E-state index in [4.69, 9.17) is 9.47 Å². The lowest BCUT2D eigenvalue weighted by Gasteiger charge is -2.46. The van der Waals surface area contributed by atoms with Gasteiger partial charge in [0.05, 0.1) is 12.2 Å². The van der Waals surface area contributed by atoms with E-state index in [0.29, 0.717) is 12.5 Å². The van der Waals surface area contributed by atoms with Crippen molar-refractivity contribution in [2.75, 3.05) is 20.8 Å². The van der Waals surface area contributed by atoms with E-state index >= 15 is 0 Å². The maximum absolute atomic E-state index is 5.68. The van der Waals surface area contributed by atoms with E-state index < -0.39 is 0 Å². The molecule has 0 rings (SSSR count). The van der Waals surface area contributed by atoms with Crippen LogP contribution in [0.1, 0.15) is 34.6 Å². The van der Waals surface area contributed by atoms with E-state index in [1.54, 1.807) is 14.2 Å². The monoisotopic (exact) mass is 188 g/mol. The molecule has 0 N–H and O–H groups in total. The summed E-state index contributed by atoms with van der Waals surface area (Å²) in [7, 11) is 3.49. The first-order valence-electron chi connectivity index (χ1n) is 4.86. The Bertz CT molecular complexity index is 147. The lowest BCUT2D eigenvalue weighted by molar-refractivity contribution is -0.158. The van der Waals surface area contributed by atoms with Crippen LogP contribution in [0.25, 0.3) is 0 Å². The summed E-state index contributed by atoms with van der Waals surface area (Å²) >= 11 is 0. The SMILES string of the molecule is COC[C@@](OC)(C(C)C)C(C)(C)C. The Morgan fingerprint density at radius 3 is 1.62 bits per heavy atom. The predicted octanol–water partition coefficient (Wildman–Crippen LogP) is 2.72. The van der Waals surface area contributed by atoms with E-state index in [-0.39, 0.29) is 11.0 Å². The van der Waals surface area contributed by atoms with Crippen LogP contribution in [-0.2, 0) is 9.47 Å². The van der Waals surface area contributed by atoms with Gasteiger partial charge in [-0.25, -0.2) is 0 Å². The Kier molecular flexibility index (Phi) is 4.40. The van der Waals surface area contributed by atoms with E-state index in [9.17, 15) is 0 Å². The highest BCUT2D eigenvalue weighted by Crippen LogP contribution is 2.39. The third kappa shape index (κ3) is 2.44. The summed E-state index contributed by atoms with van der Waals surface area (Å²) in [5, 5.41) is 0. The Labute approximate surface area is 82.6 Å².